The lowest BCUT2D eigenvalue weighted by Gasteiger charge is -2.17. The first-order valence-electron chi connectivity index (χ1n) is 9.37. The number of carbonyl (C=O) groups excluding carboxylic acids is 1. The van der Waals surface area contributed by atoms with E-state index in [1.165, 1.54) is 22.2 Å². The maximum Gasteiger partial charge on any atom is 0.319 e. The zero-order valence-electron chi connectivity index (χ0n) is 15.6. The van der Waals surface area contributed by atoms with Gasteiger partial charge < -0.3 is 9.72 Å². The molecule has 7 heteroatoms. The average Bonchev–Trinajstić information content (AvgIpc) is 2.96. The third-order valence-electron chi connectivity index (χ3n) is 4.76. The van der Waals surface area contributed by atoms with E-state index in [1.54, 1.807) is 18.3 Å². The number of aromatic amines is 1. The van der Waals surface area contributed by atoms with Crippen LogP contribution in [0.5, 0.6) is 0 Å². The number of hydrogen-bond acceptors (Lipinski definition) is 6. The van der Waals surface area contributed by atoms with Gasteiger partial charge in [-0.3, -0.25) is 9.59 Å². The second-order valence-electron chi connectivity index (χ2n) is 7.04. The molecule has 0 unspecified atom stereocenters. The van der Waals surface area contributed by atoms with E-state index in [0.717, 1.165) is 48.7 Å². The molecule has 0 aliphatic heterocycles. The van der Waals surface area contributed by atoms with Crippen molar-refractivity contribution in [2.75, 3.05) is 6.61 Å². The summed E-state index contributed by atoms with van der Waals surface area (Å²) in [6.07, 6.45) is 6.14. The summed E-state index contributed by atoms with van der Waals surface area (Å²) in [5.41, 5.74) is 1.09. The summed E-state index contributed by atoms with van der Waals surface area (Å²) in [5.74, 6) is 0.402. The number of hydrogen-bond donors (Lipinski definition) is 1. The molecule has 0 bridgehead atoms. The van der Waals surface area contributed by atoms with Gasteiger partial charge in [-0.05, 0) is 44.1 Å². The van der Waals surface area contributed by atoms with Crippen LogP contribution in [0.1, 0.15) is 56.9 Å². The molecule has 3 rings (SSSR count). The first-order valence-corrected chi connectivity index (χ1v) is 11.1. The average molecular weight is 395 g/mol. The summed E-state index contributed by atoms with van der Waals surface area (Å²) in [5, 5.41) is 0.843. The van der Waals surface area contributed by atoms with Crippen LogP contribution in [0.3, 0.4) is 0 Å². The van der Waals surface area contributed by atoms with Crippen LogP contribution in [0.15, 0.2) is 9.95 Å². The van der Waals surface area contributed by atoms with Crippen molar-refractivity contribution in [1.29, 1.82) is 0 Å². The minimum Gasteiger partial charge on any atom is -0.465 e. The number of ether oxygens (including phenoxy) is 1. The molecule has 142 valence electrons. The number of nitrogens with zero attached hydrogens (tertiary/aromatic N) is 1. The lowest BCUT2D eigenvalue weighted by molar-refractivity contribution is -0.142. The van der Waals surface area contributed by atoms with Gasteiger partial charge in [-0.1, -0.05) is 38.5 Å². The summed E-state index contributed by atoms with van der Waals surface area (Å²) in [6, 6.07) is 0. The highest BCUT2D eigenvalue weighted by Gasteiger charge is 2.24. The number of rotatable bonds is 7. The van der Waals surface area contributed by atoms with E-state index in [9.17, 15) is 9.59 Å². The lowest BCUT2D eigenvalue weighted by Crippen LogP contribution is -2.19. The zero-order chi connectivity index (χ0) is 18.7. The van der Waals surface area contributed by atoms with Crippen molar-refractivity contribution >= 4 is 39.3 Å². The maximum absolute atomic E-state index is 12.6. The van der Waals surface area contributed by atoms with Gasteiger partial charge in [-0.2, -0.15) is 0 Å². The van der Waals surface area contributed by atoms with Crippen LogP contribution in [0.2, 0.25) is 0 Å². The van der Waals surface area contributed by atoms with Gasteiger partial charge >= 0.3 is 5.97 Å². The Morgan fingerprint density at radius 3 is 3.04 bits per heavy atom. The van der Waals surface area contributed by atoms with Gasteiger partial charge in [0.15, 0.2) is 5.16 Å². The van der Waals surface area contributed by atoms with Crippen LogP contribution in [0.25, 0.3) is 10.2 Å². The van der Waals surface area contributed by atoms with Crippen molar-refractivity contribution in [2.45, 2.75) is 69.7 Å². The van der Waals surface area contributed by atoms with Crippen molar-refractivity contribution in [3.63, 3.8) is 0 Å². The number of thiophene rings is 1. The number of thioether (sulfide) groups is 1. The summed E-state index contributed by atoms with van der Waals surface area (Å²) in [6.45, 7) is 6.61. The SMILES string of the molecule is CCCCCOC(=O)[C@@H](C)Sc1nc2sc3c(c2c(=O)[nH]1)CC[C@@H](C)C3. The number of esters is 1. The highest BCUT2D eigenvalue weighted by Crippen LogP contribution is 2.36. The van der Waals surface area contributed by atoms with Crippen molar-refractivity contribution in [3.05, 3.63) is 20.8 Å². The smallest absolute Gasteiger partial charge is 0.319 e. The number of carbonyl (C=O) groups is 1. The molecule has 1 N–H and O–H groups in total. The number of H-pyrrole nitrogens is 1. The fourth-order valence-corrected chi connectivity index (χ4v) is 5.48. The first-order chi connectivity index (χ1) is 12.5. The quantitative estimate of drug-likeness (QED) is 0.328. The molecule has 0 fully saturated rings. The Kier molecular flexibility index (Phi) is 6.40. The van der Waals surface area contributed by atoms with Gasteiger partial charge in [0.1, 0.15) is 10.1 Å². The van der Waals surface area contributed by atoms with Crippen LogP contribution in [-0.2, 0) is 22.4 Å². The van der Waals surface area contributed by atoms with Crippen molar-refractivity contribution < 1.29 is 9.53 Å². The van der Waals surface area contributed by atoms with Crippen LogP contribution in [0.4, 0.5) is 0 Å². The number of fused-ring (bicyclic) bond motifs is 3. The lowest BCUT2D eigenvalue weighted by atomic mass is 9.89. The Morgan fingerprint density at radius 2 is 2.27 bits per heavy atom. The van der Waals surface area contributed by atoms with Crippen molar-refractivity contribution in [1.82, 2.24) is 9.97 Å². The highest BCUT2D eigenvalue weighted by molar-refractivity contribution is 8.00. The third-order valence-corrected chi connectivity index (χ3v) is 6.87. The van der Waals surface area contributed by atoms with E-state index >= 15 is 0 Å². The molecule has 0 saturated heterocycles. The van der Waals surface area contributed by atoms with Gasteiger partial charge in [0.25, 0.3) is 5.56 Å². The molecule has 1 aliphatic carbocycles. The van der Waals surface area contributed by atoms with Gasteiger partial charge in [0, 0.05) is 4.88 Å². The predicted octanol–water partition coefficient (Wildman–Crippen LogP) is 4.32. The Hall–Kier alpha value is -1.34. The summed E-state index contributed by atoms with van der Waals surface area (Å²) in [7, 11) is 0. The third kappa shape index (κ3) is 4.31. The highest BCUT2D eigenvalue weighted by atomic mass is 32.2. The second-order valence-corrected chi connectivity index (χ2v) is 9.45. The van der Waals surface area contributed by atoms with E-state index in [1.807, 2.05) is 0 Å². The standard InChI is InChI=1S/C19H26N2O3S2/c1-4-5-6-9-24-18(23)12(3)25-19-20-16(22)15-13-8-7-11(2)10-14(13)26-17(15)21-19/h11-12H,4-10H2,1-3H3,(H,20,21,22)/t11-,12-/m1/s1. The minimum atomic E-state index is -0.396. The summed E-state index contributed by atoms with van der Waals surface area (Å²) in [4.78, 5) is 34.2. The van der Waals surface area contributed by atoms with Gasteiger partial charge in [-0.15, -0.1) is 11.3 Å². The predicted molar refractivity (Wildman–Crippen MR) is 107 cm³/mol. The molecule has 26 heavy (non-hydrogen) atoms. The van der Waals surface area contributed by atoms with E-state index in [2.05, 4.69) is 23.8 Å². The van der Waals surface area contributed by atoms with E-state index < -0.39 is 5.25 Å². The molecule has 0 amide bonds. The number of aryl methyl sites for hydroxylation is 1. The van der Waals surface area contributed by atoms with Crippen LogP contribution < -0.4 is 5.56 Å². The van der Waals surface area contributed by atoms with Gasteiger partial charge in [0.2, 0.25) is 0 Å². The molecular formula is C19H26N2O3S2. The molecular weight excluding hydrogens is 368 g/mol. The minimum absolute atomic E-state index is 0.0898. The van der Waals surface area contributed by atoms with E-state index in [-0.39, 0.29) is 11.5 Å². The van der Waals surface area contributed by atoms with E-state index in [0.29, 0.717) is 17.7 Å². The fraction of sp³-hybridized carbons (Fsp3) is 0.632. The molecule has 0 spiro atoms. The molecule has 0 saturated carbocycles. The van der Waals surface area contributed by atoms with Crippen molar-refractivity contribution in [3.8, 4) is 0 Å². The molecule has 2 atom stereocenters. The molecule has 2 heterocycles. The van der Waals surface area contributed by atoms with Crippen LogP contribution in [0, 0.1) is 5.92 Å². The number of unbranched alkanes of at least 4 members (excludes halogenated alkanes) is 2. The molecule has 0 radical (unpaired) electrons. The normalized spacial score (nSPS) is 17.9. The Morgan fingerprint density at radius 1 is 1.46 bits per heavy atom. The summed E-state index contributed by atoms with van der Waals surface area (Å²) >= 11 is 2.88. The number of aromatic nitrogens is 2. The van der Waals surface area contributed by atoms with Crippen molar-refractivity contribution in [2.24, 2.45) is 5.92 Å². The molecule has 2 aromatic heterocycles. The molecule has 0 aromatic carbocycles. The molecule has 1 aliphatic rings. The zero-order valence-corrected chi connectivity index (χ0v) is 17.2. The van der Waals surface area contributed by atoms with Crippen LogP contribution >= 0.6 is 23.1 Å². The van der Waals surface area contributed by atoms with Crippen LogP contribution in [-0.4, -0.2) is 27.8 Å². The summed E-state index contributed by atoms with van der Waals surface area (Å²) < 4.78 is 5.30. The maximum atomic E-state index is 12.6. The van der Waals surface area contributed by atoms with Gasteiger partial charge in [-0.25, -0.2) is 4.98 Å². The Balaban J connectivity index is 1.73. The van der Waals surface area contributed by atoms with Gasteiger partial charge in [0.05, 0.1) is 12.0 Å². The second kappa shape index (κ2) is 8.57. The topological polar surface area (TPSA) is 72.0 Å². The number of nitrogens with one attached hydrogen (secondary N) is 1. The largest absolute Gasteiger partial charge is 0.465 e. The first kappa shape index (κ1) is 19.4. The monoisotopic (exact) mass is 394 g/mol. The fourth-order valence-electron chi connectivity index (χ4n) is 3.24. The Bertz CT molecular complexity index is 843. The Labute approximate surface area is 161 Å². The molecule has 2 aromatic rings. The van der Waals surface area contributed by atoms with E-state index in [4.69, 9.17) is 4.74 Å². The molecule has 5 nitrogen and oxygen atoms in total.